The summed E-state index contributed by atoms with van der Waals surface area (Å²) in [4.78, 5) is 0. The fraction of sp³-hybridized carbons (Fsp3) is 0.857. The molecule has 0 N–H and O–H groups in total. The minimum Gasteiger partial charge on any atom is -0.748 e. The van der Waals surface area contributed by atoms with Crippen LogP contribution in [-0.4, -0.2) is 28.4 Å². The number of aryl methyl sites for hydroxylation is 1. The van der Waals surface area contributed by atoms with E-state index in [1.165, 1.54) is 0 Å². The van der Waals surface area contributed by atoms with Crippen LogP contribution in [-0.2, 0) is 10.1 Å². The molecular weight excluding hydrogens is 292 g/mol. The molecule has 118 valence electrons. The van der Waals surface area contributed by atoms with E-state index in [1.54, 1.807) is 6.92 Å². The summed E-state index contributed by atoms with van der Waals surface area (Å²) in [6.07, 6.45) is 4.05. The summed E-state index contributed by atoms with van der Waals surface area (Å²) in [5.74, 6) is 1.79. The molecule has 1 heterocycles. The van der Waals surface area contributed by atoms with Gasteiger partial charge in [0.05, 0.1) is 15.4 Å². The lowest BCUT2D eigenvalue weighted by Gasteiger charge is -2.46. The fourth-order valence-corrected chi connectivity index (χ4v) is 5.56. The van der Waals surface area contributed by atoms with E-state index in [1.807, 2.05) is 6.92 Å². The normalized spacial score (nSPS) is 37.2. The first-order chi connectivity index (χ1) is 9.84. The number of fused-ring (bicyclic) bond motifs is 1. The van der Waals surface area contributed by atoms with Crippen molar-refractivity contribution in [2.75, 3.05) is 0 Å². The summed E-state index contributed by atoms with van der Waals surface area (Å²) in [6, 6.07) is 0. The van der Waals surface area contributed by atoms with Crippen molar-refractivity contribution in [1.29, 1.82) is 0 Å². The minimum absolute atomic E-state index is 0.0605. The molecule has 5 unspecified atom stereocenters. The van der Waals surface area contributed by atoms with Gasteiger partial charge in [-0.1, -0.05) is 6.92 Å². The minimum atomic E-state index is -4.25. The highest BCUT2D eigenvalue weighted by Gasteiger charge is 2.44. The molecule has 2 saturated carbocycles. The third-order valence-corrected chi connectivity index (χ3v) is 6.41. The molecule has 6 nitrogen and oxygen atoms in total. The van der Waals surface area contributed by atoms with Crippen molar-refractivity contribution >= 4 is 10.1 Å². The van der Waals surface area contributed by atoms with Gasteiger partial charge in [0, 0.05) is 12.8 Å². The van der Waals surface area contributed by atoms with Gasteiger partial charge in [0.25, 0.3) is 0 Å². The van der Waals surface area contributed by atoms with Gasteiger partial charge in [0.1, 0.15) is 0 Å². The second-order valence-corrected chi connectivity index (χ2v) is 8.29. The molecule has 0 aromatic carbocycles. The highest BCUT2D eigenvalue weighted by Crippen LogP contribution is 2.49. The highest BCUT2D eigenvalue weighted by molar-refractivity contribution is 7.86. The molecule has 7 heteroatoms. The highest BCUT2D eigenvalue weighted by atomic mass is 32.2. The Hall–Kier alpha value is -0.950. The number of aromatic nitrogens is 2. The van der Waals surface area contributed by atoms with E-state index in [2.05, 4.69) is 10.2 Å². The Morgan fingerprint density at radius 1 is 1.19 bits per heavy atom. The van der Waals surface area contributed by atoms with Crippen LogP contribution in [0.4, 0.5) is 0 Å². The Morgan fingerprint density at radius 3 is 2.57 bits per heavy atom. The monoisotopic (exact) mass is 313 g/mol. The van der Waals surface area contributed by atoms with Crippen LogP contribution in [0.25, 0.3) is 0 Å². The lowest BCUT2D eigenvalue weighted by Crippen LogP contribution is -2.43. The third-order valence-electron chi connectivity index (χ3n) is 5.13. The van der Waals surface area contributed by atoms with E-state index in [0.717, 1.165) is 19.3 Å². The van der Waals surface area contributed by atoms with Crippen molar-refractivity contribution in [2.24, 2.45) is 17.8 Å². The molecule has 2 fully saturated rings. The summed E-state index contributed by atoms with van der Waals surface area (Å²) in [5, 5.41) is 7.16. The Bertz CT molecular complexity index is 612. The second-order valence-electron chi connectivity index (χ2n) is 6.70. The van der Waals surface area contributed by atoms with Crippen LogP contribution in [0.2, 0.25) is 0 Å². The van der Waals surface area contributed by atoms with Crippen LogP contribution in [0, 0.1) is 24.7 Å². The van der Waals surface area contributed by atoms with E-state index < -0.39 is 15.4 Å². The van der Waals surface area contributed by atoms with Gasteiger partial charge in [-0.25, -0.2) is 8.42 Å². The van der Waals surface area contributed by atoms with Crippen LogP contribution in [0.1, 0.15) is 56.7 Å². The smallest absolute Gasteiger partial charge is 0.219 e. The Kier molecular flexibility index (Phi) is 3.81. The summed E-state index contributed by atoms with van der Waals surface area (Å²) in [6.45, 7) is 3.79. The van der Waals surface area contributed by atoms with Gasteiger partial charge >= 0.3 is 0 Å². The van der Waals surface area contributed by atoms with Crippen molar-refractivity contribution in [3.63, 3.8) is 0 Å². The zero-order chi connectivity index (χ0) is 15.2. The van der Waals surface area contributed by atoms with Crippen LogP contribution >= 0.6 is 0 Å². The second kappa shape index (κ2) is 5.35. The van der Waals surface area contributed by atoms with Crippen LogP contribution in [0.5, 0.6) is 0 Å². The molecule has 1 aromatic rings. The number of hydrogen-bond donors (Lipinski definition) is 0. The Morgan fingerprint density at radius 2 is 1.95 bits per heavy atom. The first kappa shape index (κ1) is 15.0. The van der Waals surface area contributed by atoms with E-state index in [4.69, 9.17) is 4.42 Å². The van der Waals surface area contributed by atoms with Crippen molar-refractivity contribution in [1.82, 2.24) is 10.2 Å². The van der Waals surface area contributed by atoms with Gasteiger partial charge in [-0.15, -0.1) is 10.2 Å². The number of nitrogens with zero attached hydrogens (tertiary/aromatic N) is 2. The molecule has 0 saturated heterocycles. The lowest BCUT2D eigenvalue weighted by atomic mass is 9.65. The molecular formula is C14H21N2O4S-. The zero-order valence-electron chi connectivity index (χ0n) is 12.4. The van der Waals surface area contributed by atoms with E-state index >= 15 is 0 Å². The predicted molar refractivity (Wildman–Crippen MR) is 74.5 cm³/mol. The van der Waals surface area contributed by atoms with Gasteiger partial charge < -0.3 is 8.97 Å². The van der Waals surface area contributed by atoms with E-state index in [9.17, 15) is 13.0 Å². The summed E-state index contributed by atoms with van der Waals surface area (Å²) >= 11 is 0. The maximum atomic E-state index is 11.6. The molecule has 0 radical (unpaired) electrons. The van der Waals surface area contributed by atoms with Gasteiger partial charge in [-0.2, -0.15) is 0 Å². The largest absolute Gasteiger partial charge is 0.748 e. The number of rotatable bonds is 2. The molecule has 3 rings (SSSR count). The fourth-order valence-electron chi connectivity index (χ4n) is 4.23. The molecule has 0 bridgehead atoms. The van der Waals surface area contributed by atoms with Gasteiger partial charge in [0.15, 0.2) is 0 Å². The summed E-state index contributed by atoms with van der Waals surface area (Å²) < 4.78 is 40.4. The van der Waals surface area contributed by atoms with Gasteiger partial charge in [-0.05, 0) is 49.9 Å². The quantitative estimate of drug-likeness (QED) is 0.777. The van der Waals surface area contributed by atoms with Crippen molar-refractivity contribution in [3.05, 3.63) is 11.8 Å². The van der Waals surface area contributed by atoms with Gasteiger partial charge in [0.2, 0.25) is 11.8 Å². The maximum Gasteiger partial charge on any atom is 0.219 e. The molecule has 0 aliphatic heterocycles. The first-order valence-corrected chi connectivity index (χ1v) is 9.06. The Balaban J connectivity index is 1.83. The molecule has 21 heavy (non-hydrogen) atoms. The van der Waals surface area contributed by atoms with E-state index in [0.29, 0.717) is 36.5 Å². The molecule has 5 atom stereocenters. The van der Waals surface area contributed by atoms with Crippen LogP contribution in [0.15, 0.2) is 4.42 Å². The summed E-state index contributed by atoms with van der Waals surface area (Å²) in [7, 11) is -4.25. The molecule has 0 amide bonds. The standard InChI is InChI=1S/C14H22N2O4S/c1-8-5-10-3-4-11(14-16-15-9(2)20-14)7-12(10)13(6-8)21(17,18)19/h8,10-13H,3-7H2,1-2H3,(H,17,18,19)/p-1. The van der Waals surface area contributed by atoms with E-state index in [-0.39, 0.29) is 11.8 Å². The lowest BCUT2D eigenvalue weighted by molar-refractivity contribution is 0.116. The number of hydrogen-bond acceptors (Lipinski definition) is 6. The Labute approximate surface area is 125 Å². The third kappa shape index (κ3) is 2.99. The molecule has 2 aliphatic rings. The SMILES string of the molecule is Cc1nnc(C2CCC3CC(C)CC(S(=O)(=O)[O-])C3C2)o1. The van der Waals surface area contributed by atoms with Crippen molar-refractivity contribution in [3.8, 4) is 0 Å². The van der Waals surface area contributed by atoms with Crippen molar-refractivity contribution < 1.29 is 17.4 Å². The molecule has 1 aromatic heterocycles. The van der Waals surface area contributed by atoms with Crippen LogP contribution in [0.3, 0.4) is 0 Å². The average Bonchev–Trinajstić information content (AvgIpc) is 2.83. The van der Waals surface area contributed by atoms with Gasteiger partial charge in [-0.3, -0.25) is 0 Å². The van der Waals surface area contributed by atoms with Crippen LogP contribution < -0.4 is 0 Å². The molecule has 2 aliphatic carbocycles. The van der Waals surface area contributed by atoms with Crippen molar-refractivity contribution in [2.45, 2.75) is 57.1 Å². The first-order valence-electron chi connectivity index (χ1n) is 7.59. The summed E-state index contributed by atoms with van der Waals surface area (Å²) in [5.41, 5.74) is 0. The molecule has 0 spiro atoms. The topological polar surface area (TPSA) is 96.1 Å². The maximum absolute atomic E-state index is 11.6. The predicted octanol–water partition coefficient (Wildman–Crippen LogP) is 2.22. The zero-order valence-corrected chi connectivity index (χ0v) is 13.2. The average molecular weight is 313 g/mol.